The molecule has 0 fully saturated rings. The molecule has 0 saturated heterocycles. The number of methoxy groups -OCH3 is 1. The Bertz CT molecular complexity index is 473. The highest BCUT2D eigenvalue weighted by Gasteiger charge is 2.16. The molecule has 2 rings (SSSR count). The molecule has 0 saturated carbocycles. The Morgan fingerprint density at radius 2 is 2.27 bits per heavy atom. The molecule has 1 aromatic heterocycles. The number of aromatic nitrogens is 2. The predicted octanol–water partition coefficient (Wildman–Crippen LogP) is 2.65. The van der Waals surface area contributed by atoms with E-state index in [1.54, 1.807) is 6.07 Å². The monoisotopic (exact) mass is 272 g/mol. The Kier molecular flexibility index (Phi) is 2.68. The summed E-state index contributed by atoms with van der Waals surface area (Å²) in [5, 5.41) is 3.56. The predicted molar refractivity (Wildman–Crippen MR) is 53.9 cm³/mol. The summed E-state index contributed by atoms with van der Waals surface area (Å²) in [5.74, 6) is 0.0442. The van der Waals surface area contributed by atoms with E-state index >= 15 is 0 Å². The van der Waals surface area contributed by atoms with Crippen LogP contribution in [0.2, 0.25) is 0 Å². The van der Waals surface area contributed by atoms with Crippen LogP contribution in [0.4, 0.5) is 4.39 Å². The fourth-order valence-electron chi connectivity index (χ4n) is 1.21. The Hall–Kier alpha value is -1.43. The van der Waals surface area contributed by atoms with Crippen molar-refractivity contribution in [3.63, 3.8) is 0 Å². The molecule has 0 atom stereocenters. The lowest BCUT2D eigenvalue weighted by Gasteiger charge is -2.06. The van der Waals surface area contributed by atoms with Gasteiger partial charge in [0.15, 0.2) is 0 Å². The highest BCUT2D eigenvalue weighted by atomic mass is 79.9. The molecule has 4 nitrogen and oxygen atoms in total. The molecule has 1 heterocycles. The van der Waals surface area contributed by atoms with Crippen LogP contribution >= 0.6 is 15.9 Å². The molecule has 78 valence electrons. The number of halogens is 2. The molecule has 15 heavy (non-hydrogen) atoms. The van der Waals surface area contributed by atoms with Crippen molar-refractivity contribution < 1.29 is 13.7 Å². The standard InChI is InChI=1S/C9H6BrFN2O2/c1-14-7-3-5(10)2-6(11)8(7)9-12-4-15-13-9/h2-4H,1H3. The first kappa shape index (κ1) is 10.1. The summed E-state index contributed by atoms with van der Waals surface area (Å²) in [6, 6.07) is 2.95. The van der Waals surface area contributed by atoms with Crippen molar-refractivity contribution in [1.82, 2.24) is 10.1 Å². The molecular weight excluding hydrogens is 267 g/mol. The SMILES string of the molecule is COc1cc(Br)cc(F)c1-c1ncon1. The minimum Gasteiger partial charge on any atom is -0.496 e. The summed E-state index contributed by atoms with van der Waals surface area (Å²) in [7, 11) is 1.45. The van der Waals surface area contributed by atoms with Gasteiger partial charge in [0.1, 0.15) is 17.1 Å². The lowest BCUT2D eigenvalue weighted by atomic mass is 10.2. The van der Waals surface area contributed by atoms with Gasteiger partial charge in [-0.1, -0.05) is 21.1 Å². The van der Waals surface area contributed by atoms with Gasteiger partial charge in [0.2, 0.25) is 12.2 Å². The maximum absolute atomic E-state index is 13.6. The molecule has 6 heteroatoms. The van der Waals surface area contributed by atoms with Gasteiger partial charge in [0.25, 0.3) is 0 Å². The minimum atomic E-state index is -0.470. The lowest BCUT2D eigenvalue weighted by Crippen LogP contribution is -1.93. The second-order valence-electron chi connectivity index (χ2n) is 2.72. The zero-order chi connectivity index (χ0) is 10.8. The molecule has 0 bridgehead atoms. The van der Waals surface area contributed by atoms with Gasteiger partial charge < -0.3 is 9.26 Å². The largest absolute Gasteiger partial charge is 0.496 e. The second-order valence-corrected chi connectivity index (χ2v) is 3.64. The van der Waals surface area contributed by atoms with Crippen LogP contribution in [-0.2, 0) is 0 Å². The summed E-state index contributed by atoms with van der Waals surface area (Å²) in [5.41, 5.74) is 0.189. The molecule has 0 spiro atoms. The van der Waals surface area contributed by atoms with Crippen LogP contribution in [0.1, 0.15) is 0 Å². The van der Waals surface area contributed by atoms with Crippen LogP contribution in [0, 0.1) is 5.82 Å². The Labute approximate surface area is 93.2 Å². The van der Waals surface area contributed by atoms with Crippen molar-refractivity contribution in [1.29, 1.82) is 0 Å². The van der Waals surface area contributed by atoms with E-state index in [1.165, 1.54) is 13.2 Å². The molecule has 0 radical (unpaired) electrons. The zero-order valence-electron chi connectivity index (χ0n) is 7.70. The molecular formula is C9H6BrFN2O2. The Morgan fingerprint density at radius 1 is 1.47 bits per heavy atom. The fraction of sp³-hybridized carbons (Fsp3) is 0.111. The lowest BCUT2D eigenvalue weighted by molar-refractivity contribution is 0.407. The Morgan fingerprint density at radius 3 is 2.87 bits per heavy atom. The molecule has 0 aliphatic heterocycles. The normalized spacial score (nSPS) is 10.3. The molecule has 0 N–H and O–H groups in total. The number of rotatable bonds is 2. The van der Waals surface area contributed by atoms with Crippen molar-refractivity contribution in [2.45, 2.75) is 0 Å². The van der Waals surface area contributed by atoms with E-state index in [4.69, 9.17) is 4.74 Å². The smallest absolute Gasteiger partial charge is 0.214 e. The van der Waals surface area contributed by atoms with Crippen molar-refractivity contribution in [2.75, 3.05) is 7.11 Å². The number of hydrogen-bond acceptors (Lipinski definition) is 4. The van der Waals surface area contributed by atoms with Gasteiger partial charge in [-0.3, -0.25) is 0 Å². The van der Waals surface area contributed by atoms with Gasteiger partial charge >= 0.3 is 0 Å². The van der Waals surface area contributed by atoms with Crippen molar-refractivity contribution in [3.05, 3.63) is 28.8 Å². The molecule has 0 unspecified atom stereocenters. The number of hydrogen-bond donors (Lipinski definition) is 0. The first-order valence-electron chi connectivity index (χ1n) is 4.02. The van der Waals surface area contributed by atoms with Crippen LogP contribution in [-0.4, -0.2) is 17.3 Å². The third kappa shape index (κ3) is 1.85. The average Bonchev–Trinajstić information content (AvgIpc) is 2.69. The second kappa shape index (κ2) is 3.98. The number of benzene rings is 1. The Balaban J connectivity index is 2.64. The molecule has 1 aromatic carbocycles. The third-order valence-corrected chi connectivity index (χ3v) is 2.28. The molecule has 0 aliphatic carbocycles. The van der Waals surface area contributed by atoms with Crippen LogP contribution in [0.15, 0.2) is 27.5 Å². The first-order valence-corrected chi connectivity index (χ1v) is 4.81. The fourth-order valence-corrected chi connectivity index (χ4v) is 1.62. The first-order chi connectivity index (χ1) is 7.22. The van der Waals surface area contributed by atoms with Crippen LogP contribution < -0.4 is 4.74 Å². The molecule has 0 amide bonds. The van der Waals surface area contributed by atoms with Crippen molar-refractivity contribution >= 4 is 15.9 Å². The van der Waals surface area contributed by atoms with Crippen molar-refractivity contribution in [3.8, 4) is 17.1 Å². The maximum atomic E-state index is 13.6. The van der Waals surface area contributed by atoms with Crippen LogP contribution in [0.25, 0.3) is 11.4 Å². The highest BCUT2D eigenvalue weighted by molar-refractivity contribution is 9.10. The van der Waals surface area contributed by atoms with Gasteiger partial charge in [0, 0.05) is 4.47 Å². The summed E-state index contributed by atoms with van der Waals surface area (Å²) in [4.78, 5) is 3.77. The summed E-state index contributed by atoms with van der Waals surface area (Å²) >= 11 is 3.17. The van der Waals surface area contributed by atoms with Gasteiger partial charge in [-0.15, -0.1) is 0 Å². The van der Waals surface area contributed by atoms with E-state index in [0.717, 1.165) is 6.39 Å². The summed E-state index contributed by atoms with van der Waals surface area (Å²) < 4.78 is 23.8. The quantitative estimate of drug-likeness (QED) is 0.843. The number of nitrogens with zero attached hydrogens (tertiary/aromatic N) is 2. The van der Waals surface area contributed by atoms with E-state index in [9.17, 15) is 4.39 Å². The molecule has 0 aliphatic rings. The molecule has 2 aromatic rings. The third-order valence-electron chi connectivity index (χ3n) is 1.82. The minimum absolute atomic E-state index is 0.164. The highest BCUT2D eigenvalue weighted by Crippen LogP contribution is 2.33. The average molecular weight is 273 g/mol. The van der Waals surface area contributed by atoms with E-state index in [1.807, 2.05) is 0 Å². The maximum Gasteiger partial charge on any atom is 0.214 e. The zero-order valence-corrected chi connectivity index (χ0v) is 9.28. The summed E-state index contributed by atoms with van der Waals surface area (Å²) in [6.45, 7) is 0. The topological polar surface area (TPSA) is 48.2 Å². The summed E-state index contributed by atoms with van der Waals surface area (Å²) in [6.07, 6.45) is 1.14. The van der Waals surface area contributed by atoms with E-state index < -0.39 is 5.82 Å². The van der Waals surface area contributed by atoms with Gasteiger partial charge in [0.05, 0.1) is 7.11 Å². The van der Waals surface area contributed by atoms with Crippen LogP contribution in [0.5, 0.6) is 5.75 Å². The van der Waals surface area contributed by atoms with E-state index in [-0.39, 0.29) is 11.4 Å². The van der Waals surface area contributed by atoms with E-state index in [2.05, 4.69) is 30.6 Å². The van der Waals surface area contributed by atoms with Gasteiger partial charge in [-0.05, 0) is 12.1 Å². The van der Waals surface area contributed by atoms with Gasteiger partial charge in [-0.2, -0.15) is 4.98 Å². The van der Waals surface area contributed by atoms with E-state index in [0.29, 0.717) is 10.2 Å². The number of ether oxygens (including phenoxy) is 1. The van der Waals surface area contributed by atoms with Crippen molar-refractivity contribution in [2.24, 2.45) is 0 Å². The van der Waals surface area contributed by atoms with Gasteiger partial charge in [-0.25, -0.2) is 4.39 Å². The van der Waals surface area contributed by atoms with Crippen LogP contribution in [0.3, 0.4) is 0 Å².